The van der Waals surface area contributed by atoms with E-state index >= 15 is 0 Å². The predicted molar refractivity (Wildman–Crippen MR) is 113 cm³/mol. The summed E-state index contributed by atoms with van der Waals surface area (Å²) in [5.74, 6) is -0.434. The fourth-order valence-electron chi connectivity index (χ4n) is 2.85. The van der Waals surface area contributed by atoms with Crippen molar-refractivity contribution in [1.29, 1.82) is 0 Å². The molecule has 0 saturated heterocycles. The smallest absolute Gasteiger partial charge is 0.326 e. The first kappa shape index (κ1) is 20.6. The number of hydrogen-bond donors (Lipinski definition) is 1. The minimum atomic E-state index is -0.525. The van der Waals surface area contributed by atoms with Crippen LogP contribution in [0.2, 0.25) is 5.15 Å². The Hall–Kier alpha value is -3.12. The maximum atomic E-state index is 12.9. The monoisotopic (exact) mass is 411 g/mol. The molecule has 1 atom stereocenters. The summed E-state index contributed by atoms with van der Waals surface area (Å²) in [6.45, 7) is 3.46. The molecule has 0 aliphatic carbocycles. The van der Waals surface area contributed by atoms with E-state index in [0.717, 1.165) is 11.1 Å². The molecular formula is C22H22ClN3O3. The Morgan fingerprint density at radius 2 is 1.76 bits per heavy atom. The molecule has 1 N–H and O–H groups in total. The molecule has 3 rings (SSSR count). The van der Waals surface area contributed by atoms with Crippen LogP contribution in [0.4, 0.5) is 5.82 Å². The van der Waals surface area contributed by atoms with E-state index < -0.39 is 11.5 Å². The average molecular weight is 412 g/mol. The summed E-state index contributed by atoms with van der Waals surface area (Å²) in [7, 11) is 0. The van der Waals surface area contributed by atoms with E-state index in [2.05, 4.69) is 10.3 Å². The number of anilines is 1. The summed E-state index contributed by atoms with van der Waals surface area (Å²) in [5.41, 5.74) is 1.86. The van der Waals surface area contributed by atoms with Crippen molar-refractivity contribution in [3.05, 3.63) is 93.0 Å². The number of nitrogens with zero attached hydrogens (tertiary/aromatic N) is 2. The Balaban J connectivity index is 1.76. The highest BCUT2D eigenvalue weighted by Crippen LogP contribution is 2.18. The van der Waals surface area contributed by atoms with Gasteiger partial charge < -0.3 is 10.1 Å². The van der Waals surface area contributed by atoms with Gasteiger partial charge >= 0.3 is 5.97 Å². The zero-order valence-corrected chi connectivity index (χ0v) is 17.0. The van der Waals surface area contributed by atoms with E-state index in [4.69, 9.17) is 16.3 Å². The lowest BCUT2D eigenvalue weighted by Gasteiger charge is -2.17. The van der Waals surface area contributed by atoms with Crippen molar-refractivity contribution in [1.82, 2.24) is 9.55 Å². The molecule has 1 aromatic heterocycles. The molecule has 0 fully saturated rings. The van der Waals surface area contributed by atoms with Gasteiger partial charge in [-0.2, -0.15) is 0 Å². The number of hydrogen-bond acceptors (Lipinski definition) is 5. The van der Waals surface area contributed by atoms with Gasteiger partial charge in [0.1, 0.15) is 13.2 Å². The highest BCUT2D eigenvalue weighted by molar-refractivity contribution is 6.30. The van der Waals surface area contributed by atoms with Gasteiger partial charge in [-0.3, -0.25) is 14.2 Å². The van der Waals surface area contributed by atoms with Crippen molar-refractivity contribution in [2.45, 2.75) is 33.0 Å². The molecule has 0 radical (unpaired) electrons. The lowest BCUT2D eigenvalue weighted by Crippen LogP contribution is -2.31. The van der Waals surface area contributed by atoms with Gasteiger partial charge in [0.2, 0.25) is 0 Å². The Kier molecular flexibility index (Phi) is 6.67. The van der Waals surface area contributed by atoms with Crippen molar-refractivity contribution in [2.24, 2.45) is 0 Å². The molecular weight excluding hydrogens is 390 g/mol. The molecule has 0 bridgehead atoms. The normalized spacial score (nSPS) is 11.7. The van der Waals surface area contributed by atoms with Crippen LogP contribution in [-0.2, 0) is 22.7 Å². The van der Waals surface area contributed by atoms with E-state index in [0.29, 0.717) is 5.69 Å². The van der Waals surface area contributed by atoms with Gasteiger partial charge in [0.15, 0.2) is 11.0 Å². The van der Waals surface area contributed by atoms with Crippen LogP contribution in [0.15, 0.2) is 65.5 Å². The average Bonchev–Trinajstić information content (AvgIpc) is 2.75. The molecule has 7 heteroatoms. The predicted octanol–water partition coefficient (Wildman–Crippen LogP) is 4.12. The third-order valence-electron chi connectivity index (χ3n) is 4.54. The SMILES string of the molecule is Cc1c(Cl)nc(NC(C)c2ccccc2)c(=O)n1CC(=O)OCc1ccccc1. The third kappa shape index (κ3) is 5.23. The van der Waals surface area contributed by atoms with Crippen LogP contribution in [0.3, 0.4) is 0 Å². The van der Waals surface area contributed by atoms with Crippen LogP contribution in [0, 0.1) is 6.92 Å². The highest BCUT2D eigenvalue weighted by atomic mass is 35.5. The number of aromatic nitrogens is 2. The molecule has 0 amide bonds. The largest absolute Gasteiger partial charge is 0.459 e. The summed E-state index contributed by atoms with van der Waals surface area (Å²) in [6, 6.07) is 18.9. The van der Waals surface area contributed by atoms with Crippen LogP contribution in [0.5, 0.6) is 0 Å². The molecule has 29 heavy (non-hydrogen) atoms. The number of carbonyl (C=O) groups excluding carboxylic acids is 1. The van der Waals surface area contributed by atoms with Crippen LogP contribution in [-0.4, -0.2) is 15.5 Å². The van der Waals surface area contributed by atoms with Crippen molar-refractivity contribution >= 4 is 23.4 Å². The van der Waals surface area contributed by atoms with Crippen molar-refractivity contribution < 1.29 is 9.53 Å². The number of esters is 1. The molecule has 3 aromatic rings. The van der Waals surface area contributed by atoms with Gasteiger partial charge in [0, 0.05) is 0 Å². The second kappa shape index (κ2) is 9.39. The fraction of sp³-hybridized carbons (Fsp3) is 0.227. The summed E-state index contributed by atoms with van der Waals surface area (Å²) >= 11 is 6.21. The molecule has 2 aromatic carbocycles. The summed E-state index contributed by atoms with van der Waals surface area (Å²) < 4.78 is 6.57. The lowest BCUT2D eigenvalue weighted by molar-refractivity contribution is -0.145. The molecule has 0 aliphatic rings. The van der Waals surface area contributed by atoms with Gasteiger partial charge in [-0.1, -0.05) is 72.3 Å². The van der Waals surface area contributed by atoms with Gasteiger partial charge in [-0.15, -0.1) is 0 Å². The van der Waals surface area contributed by atoms with Crippen molar-refractivity contribution in [3.8, 4) is 0 Å². The number of carbonyl (C=O) groups is 1. The van der Waals surface area contributed by atoms with Crippen molar-refractivity contribution in [2.75, 3.05) is 5.32 Å². The Labute approximate surface area is 174 Å². The lowest BCUT2D eigenvalue weighted by atomic mass is 10.1. The van der Waals surface area contributed by atoms with Crippen LogP contribution in [0.25, 0.3) is 0 Å². The number of rotatable bonds is 7. The minimum absolute atomic E-state index is 0.0906. The quantitative estimate of drug-likeness (QED) is 0.592. The summed E-state index contributed by atoms with van der Waals surface area (Å²) in [4.78, 5) is 29.3. The maximum Gasteiger partial charge on any atom is 0.326 e. The van der Waals surface area contributed by atoms with E-state index in [1.54, 1.807) is 6.92 Å². The first-order valence-corrected chi connectivity index (χ1v) is 9.61. The zero-order chi connectivity index (χ0) is 20.8. The van der Waals surface area contributed by atoms with Gasteiger partial charge in [0.25, 0.3) is 5.56 Å². The molecule has 6 nitrogen and oxygen atoms in total. The third-order valence-corrected chi connectivity index (χ3v) is 4.90. The van der Waals surface area contributed by atoms with Crippen LogP contribution in [0.1, 0.15) is 29.8 Å². The van der Waals surface area contributed by atoms with Crippen LogP contribution < -0.4 is 10.9 Å². The van der Waals surface area contributed by atoms with Gasteiger partial charge in [-0.25, -0.2) is 4.98 Å². The standard InChI is InChI=1S/C22H22ClN3O3/c1-15(18-11-7-4-8-12-18)24-21-22(28)26(16(2)20(23)25-21)13-19(27)29-14-17-9-5-3-6-10-17/h3-12,15H,13-14H2,1-2H3,(H,24,25). The minimum Gasteiger partial charge on any atom is -0.459 e. The Morgan fingerprint density at radius 3 is 2.41 bits per heavy atom. The number of halogens is 1. The second-order valence-electron chi connectivity index (χ2n) is 6.65. The maximum absolute atomic E-state index is 12.9. The van der Waals surface area contributed by atoms with Crippen molar-refractivity contribution in [3.63, 3.8) is 0 Å². The van der Waals surface area contributed by atoms with E-state index in [1.807, 2.05) is 67.6 Å². The summed E-state index contributed by atoms with van der Waals surface area (Å²) in [5, 5.41) is 3.24. The molecule has 0 saturated carbocycles. The topological polar surface area (TPSA) is 73.2 Å². The molecule has 1 heterocycles. The number of nitrogens with one attached hydrogen (secondary N) is 1. The van der Waals surface area contributed by atoms with E-state index in [1.165, 1.54) is 4.57 Å². The number of ether oxygens (including phenoxy) is 1. The van der Waals surface area contributed by atoms with E-state index in [-0.39, 0.29) is 30.2 Å². The fourth-order valence-corrected chi connectivity index (χ4v) is 3.03. The van der Waals surface area contributed by atoms with Gasteiger partial charge in [-0.05, 0) is 25.0 Å². The first-order chi connectivity index (χ1) is 14.0. The zero-order valence-electron chi connectivity index (χ0n) is 16.3. The van der Waals surface area contributed by atoms with E-state index in [9.17, 15) is 9.59 Å². The first-order valence-electron chi connectivity index (χ1n) is 9.23. The second-order valence-corrected chi connectivity index (χ2v) is 7.01. The highest BCUT2D eigenvalue weighted by Gasteiger charge is 2.17. The molecule has 1 unspecified atom stereocenters. The van der Waals surface area contributed by atoms with Gasteiger partial charge in [0.05, 0.1) is 11.7 Å². The van der Waals surface area contributed by atoms with Crippen LogP contribution >= 0.6 is 11.6 Å². The molecule has 0 spiro atoms. The Bertz CT molecular complexity index is 1040. The molecule has 150 valence electrons. The number of benzene rings is 2. The summed E-state index contributed by atoms with van der Waals surface area (Å²) in [6.07, 6.45) is 0. The molecule has 0 aliphatic heterocycles. The Morgan fingerprint density at radius 1 is 1.14 bits per heavy atom.